The molecular formula is C11H13ClN4S. The van der Waals surface area contributed by atoms with E-state index in [0.29, 0.717) is 5.15 Å². The highest BCUT2D eigenvalue weighted by Crippen LogP contribution is 2.17. The van der Waals surface area contributed by atoms with Gasteiger partial charge in [-0.05, 0) is 17.9 Å². The van der Waals surface area contributed by atoms with Crippen molar-refractivity contribution in [3.63, 3.8) is 0 Å². The summed E-state index contributed by atoms with van der Waals surface area (Å²) in [4.78, 5) is 11.3. The molecule has 17 heavy (non-hydrogen) atoms. The molecule has 2 heterocycles. The van der Waals surface area contributed by atoms with Crippen LogP contribution in [0.25, 0.3) is 0 Å². The van der Waals surface area contributed by atoms with E-state index in [9.17, 15) is 0 Å². The van der Waals surface area contributed by atoms with E-state index in [1.807, 2.05) is 11.9 Å². The first-order valence-corrected chi connectivity index (χ1v) is 6.44. The number of hydrogen-bond donors (Lipinski definition) is 1. The number of halogens is 1. The normalized spacial score (nSPS) is 10.5. The van der Waals surface area contributed by atoms with Gasteiger partial charge >= 0.3 is 0 Å². The Kier molecular flexibility index (Phi) is 3.81. The summed E-state index contributed by atoms with van der Waals surface area (Å²) in [6.45, 7) is 0.868. The summed E-state index contributed by atoms with van der Waals surface area (Å²) in [6.07, 6.45) is 0.982. The minimum absolute atomic E-state index is 0.204. The summed E-state index contributed by atoms with van der Waals surface area (Å²) in [7, 11) is 1.96. The van der Waals surface area contributed by atoms with Crippen LogP contribution in [0.4, 0.5) is 11.8 Å². The van der Waals surface area contributed by atoms with Crippen molar-refractivity contribution in [2.24, 2.45) is 0 Å². The summed E-state index contributed by atoms with van der Waals surface area (Å²) >= 11 is 7.59. The molecule has 0 fully saturated rings. The zero-order chi connectivity index (χ0) is 12.3. The van der Waals surface area contributed by atoms with E-state index in [0.717, 1.165) is 18.8 Å². The fourth-order valence-corrected chi connectivity index (χ4v) is 2.35. The molecule has 2 aromatic heterocycles. The van der Waals surface area contributed by atoms with Gasteiger partial charge in [0.25, 0.3) is 0 Å². The molecule has 0 amide bonds. The van der Waals surface area contributed by atoms with E-state index in [1.165, 1.54) is 4.88 Å². The van der Waals surface area contributed by atoms with Gasteiger partial charge in [-0.1, -0.05) is 17.7 Å². The molecule has 0 unspecified atom stereocenters. The SMILES string of the molecule is CN(CCc1cccs1)c1cc(Cl)nc(N)n1. The second-order valence-electron chi connectivity index (χ2n) is 3.66. The van der Waals surface area contributed by atoms with Crippen LogP contribution in [-0.2, 0) is 6.42 Å². The quantitative estimate of drug-likeness (QED) is 0.866. The van der Waals surface area contributed by atoms with Gasteiger partial charge in [0.2, 0.25) is 5.95 Å². The number of anilines is 2. The fraction of sp³-hybridized carbons (Fsp3) is 0.273. The van der Waals surface area contributed by atoms with Gasteiger partial charge in [-0.3, -0.25) is 0 Å². The summed E-state index contributed by atoms with van der Waals surface area (Å²) in [5.74, 6) is 0.953. The maximum Gasteiger partial charge on any atom is 0.223 e. The molecule has 0 aliphatic carbocycles. The molecule has 90 valence electrons. The van der Waals surface area contributed by atoms with Crippen LogP contribution in [0.5, 0.6) is 0 Å². The Bertz CT molecular complexity index is 466. The summed E-state index contributed by atoms with van der Waals surface area (Å²) in [5.41, 5.74) is 5.56. The van der Waals surface area contributed by atoms with Crippen LogP contribution < -0.4 is 10.6 Å². The zero-order valence-electron chi connectivity index (χ0n) is 9.43. The molecule has 0 saturated heterocycles. The van der Waals surface area contributed by atoms with Crippen LogP contribution in [0.15, 0.2) is 23.6 Å². The van der Waals surface area contributed by atoms with Crippen molar-refractivity contribution in [2.75, 3.05) is 24.2 Å². The Morgan fingerprint density at radius 3 is 2.94 bits per heavy atom. The average Bonchev–Trinajstić information content (AvgIpc) is 2.77. The minimum Gasteiger partial charge on any atom is -0.368 e. The number of nitrogen functional groups attached to an aromatic ring is 1. The topological polar surface area (TPSA) is 55.0 Å². The predicted molar refractivity (Wildman–Crippen MR) is 72.7 cm³/mol. The lowest BCUT2D eigenvalue weighted by Gasteiger charge is -2.17. The molecule has 2 rings (SSSR count). The second kappa shape index (κ2) is 5.33. The molecule has 4 nitrogen and oxygen atoms in total. The van der Waals surface area contributed by atoms with Gasteiger partial charge in [0.15, 0.2) is 0 Å². The molecule has 2 N–H and O–H groups in total. The van der Waals surface area contributed by atoms with Gasteiger partial charge in [0.05, 0.1) is 0 Å². The molecule has 0 aliphatic heterocycles. The molecule has 0 spiro atoms. The first-order valence-electron chi connectivity index (χ1n) is 5.19. The van der Waals surface area contributed by atoms with Crippen LogP contribution >= 0.6 is 22.9 Å². The monoisotopic (exact) mass is 268 g/mol. The van der Waals surface area contributed by atoms with Crippen LogP contribution in [-0.4, -0.2) is 23.6 Å². The number of rotatable bonds is 4. The Balaban J connectivity index is 2.01. The molecular weight excluding hydrogens is 256 g/mol. The van der Waals surface area contributed by atoms with E-state index < -0.39 is 0 Å². The second-order valence-corrected chi connectivity index (χ2v) is 5.08. The van der Waals surface area contributed by atoms with Crippen molar-refractivity contribution in [3.05, 3.63) is 33.6 Å². The van der Waals surface area contributed by atoms with Crippen LogP contribution in [0.2, 0.25) is 5.15 Å². The van der Waals surface area contributed by atoms with Gasteiger partial charge in [0.1, 0.15) is 11.0 Å². The highest BCUT2D eigenvalue weighted by molar-refractivity contribution is 7.09. The van der Waals surface area contributed by atoms with E-state index >= 15 is 0 Å². The van der Waals surface area contributed by atoms with Crippen molar-refractivity contribution in [3.8, 4) is 0 Å². The number of nitrogens with two attached hydrogens (primary N) is 1. The first kappa shape index (κ1) is 12.1. The Labute approximate surface area is 109 Å². The Hall–Kier alpha value is -1.33. The maximum absolute atomic E-state index is 5.84. The van der Waals surface area contributed by atoms with E-state index in [-0.39, 0.29) is 5.95 Å². The molecule has 2 aromatic rings. The highest BCUT2D eigenvalue weighted by Gasteiger charge is 2.06. The fourth-order valence-electron chi connectivity index (χ4n) is 1.47. The van der Waals surface area contributed by atoms with Crippen LogP contribution in [0, 0.1) is 0 Å². The molecule has 0 aromatic carbocycles. The van der Waals surface area contributed by atoms with Crippen molar-refractivity contribution >= 4 is 34.7 Å². The minimum atomic E-state index is 0.204. The maximum atomic E-state index is 5.84. The van der Waals surface area contributed by atoms with Gasteiger partial charge in [-0.25, -0.2) is 4.98 Å². The molecule has 6 heteroatoms. The lowest BCUT2D eigenvalue weighted by Crippen LogP contribution is -2.21. The van der Waals surface area contributed by atoms with E-state index in [1.54, 1.807) is 17.4 Å². The van der Waals surface area contributed by atoms with Gasteiger partial charge < -0.3 is 10.6 Å². The number of likely N-dealkylation sites (N-methyl/N-ethyl adjacent to an activating group) is 1. The molecule has 0 saturated carbocycles. The molecule has 0 aliphatic rings. The van der Waals surface area contributed by atoms with Crippen LogP contribution in [0.3, 0.4) is 0 Å². The average molecular weight is 269 g/mol. The Morgan fingerprint density at radius 1 is 1.47 bits per heavy atom. The van der Waals surface area contributed by atoms with Crippen molar-refractivity contribution in [1.29, 1.82) is 0 Å². The number of aromatic nitrogens is 2. The third-order valence-electron chi connectivity index (χ3n) is 2.36. The standard InChI is InChI=1S/C11H13ClN4S/c1-16(5-4-8-3-2-6-17-8)10-7-9(12)14-11(13)15-10/h2-3,6-7H,4-5H2,1H3,(H2,13,14,15). The summed E-state index contributed by atoms with van der Waals surface area (Å²) in [5, 5.41) is 2.45. The Morgan fingerprint density at radius 2 is 2.29 bits per heavy atom. The largest absolute Gasteiger partial charge is 0.368 e. The van der Waals surface area contributed by atoms with Crippen molar-refractivity contribution in [1.82, 2.24) is 9.97 Å². The number of thiophene rings is 1. The molecule has 0 radical (unpaired) electrons. The molecule has 0 bridgehead atoms. The number of nitrogens with zero attached hydrogens (tertiary/aromatic N) is 3. The smallest absolute Gasteiger partial charge is 0.223 e. The molecule has 0 atom stereocenters. The summed E-state index contributed by atoms with van der Waals surface area (Å²) in [6, 6.07) is 5.89. The van der Waals surface area contributed by atoms with Gasteiger partial charge in [-0.15, -0.1) is 11.3 Å². The third kappa shape index (κ3) is 3.31. The van der Waals surface area contributed by atoms with E-state index in [4.69, 9.17) is 17.3 Å². The lowest BCUT2D eigenvalue weighted by molar-refractivity contribution is 0.866. The van der Waals surface area contributed by atoms with Crippen molar-refractivity contribution in [2.45, 2.75) is 6.42 Å². The van der Waals surface area contributed by atoms with Crippen molar-refractivity contribution < 1.29 is 0 Å². The van der Waals surface area contributed by atoms with Gasteiger partial charge in [-0.2, -0.15) is 4.98 Å². The van der Waals surface area contributed by atoms with E-state index in [2.05, 4.69) is 27.5 Å². The van der Waals surface area contributed by atoms with Crippen LogP contribution in [0.1, 0.15) is 4.88 Å². The first-order chi connectivity index (χ1) is 8.15. The highest BCUT2D eigenvalue weighted by atomic mass is 35.5. The third-order valence-corrected chi connectivity index (χ3v) is 3.49. The zero-order valence-corrected chi connectivity index (χ0v) is 11.0. The van der Waals surface area contributed by atoms with Gasteiger partial charge in [0, 0.05) is 24.5 Å². The lowest BCUT2D eigenvalue weighted by atomic mass is 10.3. The summed E-state index contributed by atoms with van der Waals surface area (Å²) < 4.78 is 0. The number of hydrogen-bond acceptors (Lipinski definition) is 5. The predicted octanol–water partition coefficient (Wildman–Crippen LogP) is 2.45.